The molecule has 0 aliphatic carbocycles. The summed E-state index contributed by atoms with van der Waals surface area (Å²) >= 11 is 0. The van der Waals surface area contributed by atoms with Gasteiger partial charge in [0, 0.05) is 19.3 Å². The van der Waals surface area contributed by atoms with Gasteiger partial charge in [0.15, 0.2) is 0 Å². The van der Waals surface area contributed by atoms with E-state index in [2.05, 4.69) is 16.0 Å². The fourth-order valence-electron chi connectivity index (χ4n) is 2.45. The van der Waals surface area contributed by atoms with Gasteiger partial charge in [0.1, 0.15) is 0 Å². The summed E-state index contributed by atoms with van der Waals surface area (Å²) in [6, 6.07) is 3.98. The van der Waals surface area contributed by atoms with Gasteiger partial charge in [-0.25, -0.2) is 0 Å². The van der Waals surface area contributed by atoms with E-state index in [4.69, 9.17) is 4.74 Å². The van der Waals surface area contributed by atoms with Gasteiger partial charge >= 0.3 is 18.9 Å². The Hall–Kier alpha value is -1.12. The van der Waals surface area contributed by atoms with Crippen molar-refractivity contribution < 1.29 is 33.5 Å². The summed E-state index contributed by atoms with van der Waals surface area (Å²) in [5, 5.41) is 10.8. The van der Waals surface area contributed by atoms with E-state index in [9.17, 15) is 9.90 Å². The maximum Gasteiger partial charge on any atom is 1.00 e. The fraction of sp³-hybridized carbons (Fsp3) is 0.429. The molecule has 0 spiro atoms. The molecule has 3 heterocycles. The summed E-state index contributed by atoms with van der Waals surface area (Å²) in [4.78, 5) is 17.0. The second-order valence-electron chi connectivity index (χ2n) is 4.88. The Morgan fingerprint density at radius 2 is 2.25 bits per heavy atom. The largest absolute Gasteiger partial charge is 1.00 e. The third kappa shape index (κ3) is 3.13. The predicted octanol–water partition coefficient (Wildman–Crippen LogP) is -3.06. The van der Waals surface area contributed by atoms with Crippen LogP contribution in [0.5, 0.6) is 0 Å². The maximum absolute atomic E-state index is 10.8. The van der Waals surface area contributed by atoms with Crippen LogP contribution in [0.15, 0.2) is 24.4 Å². The maximum atomic E-state index is 10.8. The Bertz CT molecular complexity index is 529. The minimum absolute atomic E-state index is 0. The van der Waals surface area contributed by atoms with Crippen LogP contribution < -0.4 is 24.0 Å². The number of carboxylic acid groups (broad SMARTS) is 1. The first-order chi connectivity index (χ1) is 9.24. The van der Waals surface area contributed by atoms with Crippen molar-refractivity contribution in [3.63, 3.8) is 0 Å². The standard InChI is InChI=1S/C14H16N2O3.Li/c17-14(18)13-7-11(1-4-15-13)10-2-5-16(6-3-10)12-8-19-9-12;/h1-2,4,7,12H,3,5-6,8-9H2,(H,17,18);/q;+1/p-1. The number of hydrogen-bond acceptors (Lipinski definition) is 5. The van der Waals surface area contributed by atoms with Gasteiger partial charge in [-0.15, -0.1) is 0 Å². The molecule has 1 saturated heterocycles. The Morgan fingerprint density at radius 3 is 2.80 bits per heavy atom. The summed E-state index contributed by atoms with van der Waals surface area (Å²) in [5.41, 5.74) is 2.10. The molecule has 0 bridgehead atoms. The molecule has 20 heavy (non-hydrogen) atoms. The molecule has 6 heteroatoms. The van der Waals surface area contributed by atoms with Crippen molar-refractivity contribution in [2.45, 2.75) is 12.5 Å². The molecule has 0 aromatic carbocycles. The minimum atomic E-state index is -1.23. The van der Waals surface area contributed by atoms with Crippen LogP contribution >= 0.6 is 0 Å². The topological polar surface area (TPSA) is 65.5 Å². The quantitative estimate of drug-likeness (QED) is 0.543. The van der Waals surface area contributed by atoms with E-state index in [0.717, 1.165) is 38.3 Å². The third-order valence-corrected chi connectivity index (χ3v) is 3.72. The Kier molecular flexibility index (Phi) is 5.00. The number of nitrogens with zero attached hydrogens (tertiary/aromatic N) is 2. The third-order valence-electron chi connectivity index (χ3n) is 3.72. The van der Waals surface area contributed by atoms with E-state index in [1.165, 1.54) is 11.8 Å². The van der Waals surface area contributed by atoms with Crippen LogP contribution in [0.4, 0.5) is 0 Å². The molecule has 5 nitrogen and oxygen atoms in total. The average Bonchev–Trinajstić information content (AvgIpc) is 2.38. The van der Waals surface area contributed by atoms with Gasteiger partial charge < -0.3 is 14.6 Å². The van der Waals surface area contributed by atoms with Crippen molar-refractivity contribution in [1.82, 2.24) is 9.88 Å². The van der Waals surface area contributed by atoms with Crippen molar-refractivity contribution in [2.24, 2.45) is 0 Å². The zero-order chi connectivity index (χ0) is 13.2. The molecule has 100 valence electrons. The van der Waals surface area contributed by atoms with Gasteiger partial charge in [-0.2, -0.15) is 0 Å². The monoisotopic (exact) mass is 266 g/mol. The molecule has 0 saturated carbocycles. The summed E-state index contributed by atoms with van der Waals surface area (Å²) < 4.78 is 5.20. The predicted molar refractivity (Wildman–Crippen MR) is 67.3 cm³/mol. The molecule has 0 amide bonds. The first kappa shape index (κ1) is 15.3. The van der Waals surface area contributed by atoms with Crippen molar-refractivity contribution in [3.05, 3.63) is 35.7 Å². The number of aromatic nitrogens is 1. The Balaban J connectivity index is 0.00000147. The minimum Gasteiger partial charge on any atom is -0.543 e. The molecule has 1 aromatic rings. The summed E-state index contributed by atoms with van der Waals surface area (Å²) in [6.45, 7) is 3.54. The number of pyridine rings is 1. The van der Waals surface area contributed by atoms with Crippen LogP contribution in [0.2, 0.25) is 0 Å². The molecule has 3 rings (SSSR count). The number of ether oxygens (including phenoxy) is 1. The van der Waals surface area contributed by atoms with Crippen LogP contribution in [0, 0.1) is 0 Å². The van der Waals surface area contributed by atoms with Gasteiger partial charge in [0.2, 0.25) is 0 Å². The Labute approximate surface area is 129 Å². The molecular weight excluding hydrogens is 251 g/mol. The second kappa shape index (κ2) is 6.55. The SMILES string of the molecule is O=C([O-])c1cc(C2=CCN(C3COC3)CC2)ccn1.[Li+]. The number of rotatable bonds is 3. The summed E-state index contributed by atoms with van der Waals surface area (Å²) in [6.07, 6.45) is 4.61. The summed E-state index contributed by atoms with van der Waals surface area (Å²) in [5.74, 6) is -1.23. The average molecular weight is 266 g/mol. The molecule has 1 aromatic heterocycles. The van der Waals surface area contributed by atoms with Gasteiger partial charge in [0.05, 0.1) is 30.9 Å². The molecule has 0 N–H and O–H groups in total. The van der Waals surface area contributed by atoms with Gasteiger partial charge in [0.25, 0.3) is 0 Å². The fourth-order valence-corrected chi connectivity index (χ4v) is 2.45. The van der Waals surface area contributed by atoms with Crippen molar-refractivity contribution in [2.75, 3.05) is 26.3 Å². The van der Waals surface area contributed by atoms with Gasteiger partial charge in [-0.3, -0.25) is 9.88 Å². The molecule has 2 aliphatic rings. The first-order valence-corrected chi connectivity index (χ1v) is 6.42. The summed E-state index contributed by atoms with van der Waals surface area (Å²) in [7, 11) is 0. The van der Waals surface area contributed by atoms with E-state index in [1.54, 1.807) is 6.07 Å². The number of carboxylic acids is 1. The number of aromatic carboxylic acids is 1. The molecular formula is C14H15LiN2O3. The first-order valence-electron chi connectivity index (χ1n) is 6.42. The molecule has 0 unspecified atom stereocenters. The normalized spacial score (nSPS) is 19.7. The Morgan fingerprint density at radius 1 is 1.45 bits per heavy atom. The smallest absolute Gasteiger partial charge is 0.543 e. The van der Waals surface area contributed by atoms with Crippen LogP contribution in [-0.4, -0.2) is 48.2 Å². The van der Waals surface area contributed by atoms with Gasteiger partial charge in [-0.1, -0.05) is 6.08 Å². The van der Waals surface area contributed by atoms with E-state index < -0.39 is 5.97 Å². The number of carbonyl (C=O) groups is 1. The number of hydrogen-bond donors (Lipinski definition) is 0. The van der Waals surface area contributed by atoms with Crippen LogP contribution in [0.25, 0.3) is 5.57 Å². The van der Waals surface area contributed by atoms with Gasteiger partial charge in [-0.05, 0) is 29.7 Å². The van der Waals surface area contributed by atoms with Crippen molar-refractivity contribution in [3.8, 4) is 0 Å². The second-order valence-corrected chi connectivity index (χ2v) is 4.88. The van der Waals surface area contributed by atoms with E-state index in [-0.39, 0.29) is 24.6 Å². The molecule has 0 atom stereocenters. The van der Waals surface area contributed by atoms with E-state index >= 15 is 0 Å². The van der Waals surface area contributed by atoms with Crippen LogP contribution in [0.1, 0.15) is 22.5 Å². The van der Waals surface area contributed by atoms with E-state index in [1.807, 2.05) is 6.07 Å². The van der Waals surface area contributed by atoms with Crippen molar-refractivity contribution >= 4 is 11.5 Å². The van der Waals surface area contributed by atoms with Crippen LogP contribution in [0.3, 0.4) is 0 Å². The molecule has 1 fully saturated rings. The molecule has 2 aliphatic heterocycles. The van der Waals surface area contributed by atoms with Crippen LogP contribution in [-0.2, 0) is 4.74 Å². The number of carbonyl (C=O) groups excluding carboxylic acids is 1. The molecule has 0 radical (unpaired) electrons. The van der Waals surface area contributed by atoms with E-state index in [0.29, 0.717) is 6.04 Å². The van der Waals surface area contributed by atoms with Crippen molar-refractivity contribution in [1.29, 1.82) is 0 Å². The zero-order valence-corrected chi connectivity index (χ0v) is 11.5. The zero-order valence-electron chi connectivity index (χ0n) is 11.5.